The highest BCUT2D eigenvalue weighted by Crippen LogP contribution is 2.39. The molecular weight excluding hydrogens is 444 g/mol. The summed E-state index contributed by atoms with van der Waals surface area (Å²) in [5, 5.41) is 14.5. The molecule has 0 saturated heterocycles. The van der Waals surface area contributed by atoms with Gasteiger partial charge in [0.15, 0.2) is 0 Å². The number of aromatic amines is 1. The fraction of sp³-hybridized carbons (Fsp3) is 0.0667. The molecule has 174 valence electrons. The van der Waals surface area contributed by atoms with E-state index in [9.17, 15) is 0 Å². The third-order valence-electron chi connectivity index (χ3n) is 6.32. The Morgan fingerprint density at radius 1 is 0.667 bits per heavy atom. The summed E-state index contributed by atoms with van der Waals surface area (Å²) in [7, 11) is 0. The predicted octanol–water partition coefficient (Wildman–Crippen LogP) is 6.75. The number of aromatic nitrogens is 6. The third kappa shape index (κ3) is 3.88. The largest absolute Gasteiger partial charge is 0.324 e. The first kappa shape index (κ1) is 21.7. The molecule has 0 spiro atoms. The lowest BCUT2D eigenvalue weighted by Gasteiger charge is -2.14. The van der Waals surface area contributed by atoms with Crippen LogP contribution in [-0.2, 0) is 6.54 Å². The zero-order valence-electron chi connectivity index (χ0n) is 19.8. The highest BCUT2D eigenvalue weighted by molar-refractivity contribution is 5.87. The van der Waals surface area contributed by atoms with Gasteiger partial charge in [0, 0.05) is 28.8 Å². The first-order valence-electron chi connectivity index (χ1n) is 12.0. The summed E-state index contributed by atoms with van der Waals surface area (Å²) in [4.78, 5) is 5.28. The van der Waals surface area contributed by atoms with Crippen LogP contribution in [0.4, 0.5) is 0 Å². The van der Waals surface area contributed by atoms with E-state index in [0.717, 1.165) is 57.1 Å². The minimum Gasteiger partial charge on any atom is -0.324 e. The number of hydrogen-bond donors (Lipinski definition) is 1. The van der Waals surface area contributed by atoms with Crippen LogP contribution in [0.3, 0.4) is 0 Å². The van der Waals surface area contributed by atoms with E-state index in [2.05, 4.69) is 117 Å². The second-order valence-electron chi connectivity index (χ2n) is 8.47. The zero-order chi connectivity index (χ0) is 24.3. The second-order valence-corrected chi connectivity index (χ2v) is 8.47. The average molecular weight is 469 g/mol. The van der Waals surface area contributed by atoms with Gasteiger partial charge in [0.05, 0.1) is 11.4 Å². The number of hydrogen-bond acceptors (Lipinski definition) is 4. The van der Waals surface area contributed by atoms with Crippen LogP contribution in [0, 0.1) is 0 Å². The Morgan fingerprint density at radius 3 is 2.00 bits per heavy atom. The van der Waals surface area contributed by atoms with Crippen LogP contribution >= 0.6 is 0 Å². The van der Waals surface area contributed by atoms with Crippen LogP contribution in [0.5, 0.6) is 0 Å². The van der Waals surface area contributed by atoms with E-state index in [1.54, 1.807) is 0 Å². The summed E-state index contributed by atoms with van der Waals surface area (Å²) in [6, 6.07) is 37.6. The van der Waals surface area contributed by atoms with Gasteiger partial charge in [-0.1, -0.05) is 103 Å². The highest BCUT2D eigenvalue weighted by Gasteiger charge is 2.22. The Kier molecular flexibility index (Phi) is 5.68. The fourth-order valence-corrected chi connectivity index (χ4v) is 4.69. The fourth-order valence-electron chi connectivity index (χ4n) is 4.69. The highest BCUT2D eigenvalue weighted by atomic mass is 15.5. The standard InChI is InChI=1S/C30H24N6/c1-2-36-28(22-14-7-4-8-15-22)27(21-12-5-3-6-13-21)31-30(36)26-19-10-9-18-25(26)23-16-11-17-24(20-23)29-32-34-35-33-29/h3-20H,2H2,1H3,(H,32,33,34,35). The third-order valence-corrected chi connectivity index (χ3v) is 6.32. The van der Waals surface area contributed by atoms with Crippen molar-refractivity contribution in [2.75, 3.05) is 0 Å². The van der Waals surface area contributed by atoms with E-state index in [-0.39, 0.29) is 0 Å². The summed E-state index contributed by atoms with van der Waals surface area (Å²) >= 11 is 0. The van der Waals surface area contributed by atoms with Crippen molar-refractivity contribution in [3.8, 4) is 56.4 Å². The van der Waals surface area contributed by atoms with Crippen molar-refractivity contribution in [2.24, 2.45) is 0 Å². The van der Waals surface area contributed by atoms with Gasteiger partial charge in [-0.05, 0) is 29.3 Å². The van der Waals surface area contributed by atoms with Gasteiger partial charge in [-0.2, -0.15) is 5.21 Å². The van der Waals surface area contributed by atoms with Crippen molar-refractivity contribution in [1.29, 1.82) is 0 Å². The molecular formula is C30H24N6. The molecule has 6 heteroatoms. The van der Waals surface area contributed by atoms with Crippen molar-refractivity contribution in [3.63, 3.8) is 0 Å². The van der Waals surface area contributed by atoms with Gasteiger partial charge < -0.3 is 4.57 Å². The molecule has 0 fully saturated rings. The summed E-state index contributed by atoms with van der Waals surface area (Å²) in [6.07, 6.45) is 0. The van der Waals surface area contributed by atoms with Crippen molar-refractivity contribution in [2.45, 2.75) is 13.5 Å². The Balaban J connectivity index is 1.58. The summed E-state index contributed by atoms with van der Waals surface area (Å²) in [6.45, 7) is 2.96. The molecule has 2 aromatic heterocycles. The van der Waals surface area contributed by atoms with Gasteiger partial charge in [0.25, 0.3) is 0 Å². The molecule has 0 aliphatic carbocycles. The monoisotopic (exact) mass is 468 g/mol. The normalized spacial score (nSPS) is 11.0. The Morgan fingerprint density at radius 2 is 1.31 bits per heavy atom. The molecule has 4 aromatic carbocycles. The molecule has 0 bridgehead atoms. The SMILES string of the molecule is CCn1c(-c2ccccc2-c2cccc(-c3nn[nH]n3)c2)nc(-c2ccccc2)c1-c1ccccc1. The molecule has 0 aliphatic rings. The number of rotatable bonds is 6. The first-order chi connectivity index (χ1) is 17.8. The van der Waals surface area contributed by atoms with Gasteiger partial charge >= 0.3 is 0 Å². The van der Waals surface area contributed by atoms with E-state index in [1.165, 1.54) is 0 Å². The topological polar surface area (TPSA) is 72.3 Å². The van der Waals surface area contributed by atoms with E-state index >= 15 is 0 Å². The minimum absolute atomic E-state index is 0.571. The Hall–Kier alpha value is -4.84. The maximum atomic E-state index is 5.28. The van der Waals surface area contributed by atoms with Crippen molar-refractivity contribution >= 4 is 0 Å². The molecule has 6 nitrogen and oxygen atoms in total. The van der Waals surface area contributed by atoms with Gasteiger partial charge in [-0.15, -0.1) is 10.2 Å². The first-order valence-corrected chi connectivity index (χ1v) is 12.0. The summed E-state index contributed by atoms with van der Waals surface area (Å²) in [5.74, 6) is 1.51. The van der Waals surface area contributed by atoms with Crippen molar-refractivity contribution < 1.29 is 0 Å². The summed E-state index contributed by atoms with van der Waals surface area (Å²) < 4.78 is 2.32. The van der Waals surface area contributed by atoms with Crippen molar-refractivity contribution in [1.82, 2.24) is 30.2 Å². The number of nitrogens with one attached hydrogen (secondary N) is 1. The van der Waals surface area contributed by atoms with Gasteiger partial charge in [0.1, 0.15) is 5.82 Å². The molecule has 36 heavy (non-hydrogen) atoms. The Labute approximate surface area is 209 Å². The molecule has 6 rings (SSSR count). The maximum Gasteiger partial charge on any atom is 0.204 e. The van der Waals surface area contributed by atoms with Crippen molar-refractivity contribution in [3.05, 3.63) is 109 Å². The van der Waals surface area contributed by atoms with Gasteiger partial charge in [-0.25, -0.2) is 4.98 Å². The molecule has 0 saturated carbocycles. The van der Waals surface area contributed by atoms with E-state index in [1.807, 2.05) is 24.3 Å². The molecule has 0 amide bonds. The summed E-state index contributed by atoms with van der Waals surface area (Å²) in [5.41, 5.74) is 8.50. The van der Waals surface area contributed by atoms with E-state index in [4.69, 9.17) is 4.98 Å². The van der Waals surface area contributed by atoms with Crippen LogP contribution in [0.15, 0.2) is 109 Å². The molecule has 1 N–H and O–H groups in total. The van der Waals surface area contributed by atoms with E-state index < -0.39 is 0 Å². The number of H-pyrrole nitrogens is 1. The van der Waals surface area contributed by atoms with Crippen LogP contribution in [0.25, 0.3) is 56.4 Å². The van der Waals surface area contributed by atoms with Crippen LogP contribution < -0.4 is 0 Å². The molecule has 0 unspecified atom stereocenters. The van der Waals surface area contributed by atoms with Gasteiger partial charge in [0.2, 0.25) is 5.82 Å². The lowest BCUT2D eigenvalue weighted by Crippen LogP contribution is -2.01. The lowest BCUT2D eigenvalue weighted by molar-refractivity contribution is 0.778. The predicted molar refractivity (Wildman–Crippen MR) is 143 cm³/mol. The number of imidazole rings is 1. The smallest absolute Gasteiger partial charge is 0.204 e. The molecule has 0 radical (unpaired) electrons. The number of benzene rings is 4. The quantitative estimate of drug-likeness (QED) is 0.293. The molecule has 0 atom stereocenters. The molecule has 6 aromatic rings. The zero-order valence-corrected chi connectivity index (χ0v) is 19.8. The minimum atomic E-state index is 0.571. The maximum absolute atomic E-state index is 5.28. The molecule has 0 aliphatic heterocycles. The average Bonchev–Trinajstić information content (AvgIpc) is 3.63. The van der Waals surface area contributed by atoms with E-state index in [0.29, 0.717) is 5.82 Å². The van der Waals surface area contributed by atoms with Crippen LogP contribution in [-0.4, -0.2) is 30.2 Å². The second kappa shape index (κ2) is 9.43. The number of nitrogens with zero attached hydrogens (tertiary/aromatic N) is 5. The van der Waals surface area contributed by atoms with Gasteiger partial charge in [-0.3, -0.25) is 0 Å². The van der Waals surface area contributed by atoms with Crippen LogP contribution in [0.1, 0.15) is 6.92 Å². The number of tetrazole rings is 1. The lowest BCUT2D eigenvalue weighted by atomic mass is 9.97. The van der Waals surface area contributed by atoms with Crippen LogP contribution in [0.2, 0.25) is 0 Å². The Bertz CT molecular complexity index is 1600. The molecule has 2 heterocycles.